The lowest BCUT2D eigenvalue weighted by molar-refractivity contribution is -0.154. The number of nitrogens with zero attached hydrogens (tertiary/aromatic N) is 2. The molecule has 3 aliphatic rings. The fourth-order valence-corrected chi connectivity index (χ4v) is 7.02. The lowest BCUT2D eigenvalue weighted by atomic mass is 9.70. The van der Waals surface area contributed by atoms with Gasteiger partial charge in [0.2, 0.25) is 5.91 Å². The number of likely N-dealkylation sites (tertiary alicyclic amines) is 1. The number of unbranched alkanes of at least 4 members (excludes halogenated alkanes) is 2. The second kappa shape index (κ2) is 11.2. The van der Waals surface area contributed by atoms with Gasteiger partial charge in [0, 0.05) is 35.2 Å². The van der Waals surface area contributed by atoms with Gasteiger partial charge in [0.25, 0.3) is 5.91 Å². The molecule has 1 aromatic carbocycles. The maximum Gasteiger partial charge on any atom is 0.312 e. The second-order valence-electron chi connectivity index (χ2n) is 9.45. The van der Waals surface area contributed by atoms with Crippen LogP contribution in [0.15, 0.2) is 36.9 Å². The lowest BCUT2D eigenvalue weighted by Gasteiger charge is -2.37. The van der Waals surface area contributed by atoms with Gasteiger partial charge in [-0.05, 0) is 56.9 Å². The molecule has 1 aromatic rings. The van der Waals surface area contributed by atoms with Crippen molar-refractivity contribution in [2.75, 3.05) is 31.2 Å². The van der Waals surface area contributed by atoms with E-state index in [-0.39, 0.29) is 36.4 Å². The first-order chi connectivity index (χ1) is 17.3. The number of amides is 2. The summed E-state index contributed by atoms with van der Waals surface area (Å²) < 4.78 is 11.8. The number of aliphatic hydroxyl groups excluding tert-OH is 1. The number of esters is 1. The molecular weight excluding hydrogens is 552 g/mol. The summed E-state index contributed by atoms with van der Waals surface area (Å²) >= 11 is 9.72. The summed E-state index contributed by atoms with van der Waals surface area (Å²) in [5.41, 5.74) is -0.519. The molecule has 4 rings (SSSR count). The topological polar surface area (TPSA) is 96.4 Å². The molecule has 0 saturated carbocycles. The zero-order chi connectivity index (χ0) is 26.0. The number of aliphatic hydroxyl groups is 1. The molecule has 3 unspecified atom stereocenters. The monoisotopic (exact) mass is 582 g/mol. The van der Waals surface area contributed by atoms with Crippen molar-refractivity contribution in [1.29, 1.82) is 0 Å². The molecule has 3 saturated heterocycles. The molecule has 6 atom stereocenters. The van der Waals surface area contributed by atoms with Crippen molar-refractivity contribution in [2.24, 2.45) is 11.8 Å². The maximum absolute atomic E-state index is 14.3. The third kappa shape index (κ3) is 4.59. The van der Waals surface area contributed by atoms with Crippen LogP contribution in [0.5, 0.6) is 0 Å². The Hall–Kier alpha value is -1.94. The highest BCUT2D eigenvalue weighted by molar-refractivity contribution is 9.09. The molecule has 196 valence electrons. The Kier molecular flexibility index (Phi) is 8.44. The molecule has 1 N–H and O–H groups in total. The van der Waals surface area contributed by atoms with Crippen molar-refractivity contribution < 1.29 is 29.0 Å². The zero-order valence-electron chi connectivity index (χ0n) is 20.3. The molecule has 0 radical (unpaired) electrons. The molecule has 10 heteroatoms. The Morgan fingerprint density at radius 1 is 1.33 bits per heavy atom. The zero-order valence-corrected chi connectivity index (χ0v) is 22.6. The molecule has 3 heterocycles. The van der Waals surface area contributed by atoms with Gasteiger partial charge in [-0.1, -0.05) is 33.6 Å². The Balaban J connectivity index is 1.75. The molecule has 3 fully saturated rings. The number of carbonyl (C=O) groups excluding carboxylic acids is 3. The van der Waals surface area contributed by atoms with Gasteiger partial charge >= 0.3 is 5.97 Å². The first kappa shape index (κ1) is 27.1. The summed E-state index contributed by atoms with van der Waals surface area (Å²) in [7, 11) is 0. The number of fused-ring (bicyclic) bond motifs is 1. The number of rotatable bonds is 11. The number of benzene rings is 1. The molecule has 1 spiro atoms. The fourth-order valence-electron chi connectivity index (χ4n) is 5.95. The predicted molar refractivity (Wildman–Crippen MR) is 139 cm³/mol. The quantitative estimate of drug-likeness (QED) is 0.186. The second-order valence-corrected chi connectivity index (χ2v) is 11.1. The third-order valence-electron chi connectivity index (χ3n) is 7.35. The van der Waals surface area contributed by atoms with E-state index in [1.165, 1.54) is 0 Å². The Labute approximate surface area is 224 Å². The van der Waals surface area contributed by atoms with E-state index in [0.29, 0.717) is 42.9 Å². The Morgan fingerprint density at radius 3 is 2.69 bits per heavy atom. The third-order valence-corrected chi connectivity index (χ3v) is 8.45. The minimum absolute atomic E-state index is 0.0630. The summed E-state index contributed by atoms with van der Waals surface area (Å²) in [6.45, 7) is 6.35. The van der Waals surface area contributed by atoms with Crippen LogP contribution in [0.25, 0.3) is 0 Å². The number of alkyl halides is 1. The van der Waals surface area contributed by atoms with Crippen LogP contribution >= 0.6 is 27.5 Å². The summed E-state index contributed by atoms with van der Waals surface area (Å²) in [4.78, 5) is 44.2. The number of anilines is 1. The van der Waals surface area contributed by atoms with Crippen molar-refractivity contribution in [3.05, 3.63) is 41.9 Å². The highest BCUT2D eigenvalue weighted by Crippen LogP contribution is 2.60. The minimum atomic E-state index is -1.15. The fraction of sp³-hybridized carbons (Fsp3) is 0.577. The van der Waals surface area contributed by atoms with E-state index >= 15 is 0 Å². The molecule has 8 nitrogen and oxygen atoms in total. The van der Waals surface area contributed by atoms with Gasteiger partial charge in [0.05, 0.1) is 24.5 Å². The Morgan fingerprint density at radius 2 is 2.06 bits per heavy atom. The lowest BCUT2D eigenvalue weighted by Crippen LogP contribution is -2.57. The van der Waals surface area contributed by atoms with Gasteiger partial charge in [0.15, 0.2) is 0 Å². The average Bonchev–Trinajstić information content (AvgIpc) is 3.44. The van der Waals surface area contributed by atoms with E-state index in [9.17, 15) is 19.5 Å². The van der Waals surface area contributed by atoms with Gasteiger partial charge < -0.3 is 24.4 Å². The Bertz CT molecular complexity index is 1010. The van der Waals surface area contributed by atoms with Crippen molar-refractivity contribution in [3.8, 4) is 0 Å². The number of hydrogen-bond acceptors (Lipinski definition) is 6. The largest absolute Gasteiger partial charge is 0.466 e. The first-order valence-corrected chi connectivity index (χ1v) is 13.7. The molecule has 2 amide bonds. The van der Waals surface area contributed by atoms with Crippen molar-refractivity contribution >= 4 is 51.0 Å². The smallest absolute Gasteiger partial charge is 0.312 e. The molecule has 2 bridgehead atoms. The number of hydrogen-bond donors (Lipinski definition) is 1. The van der Waals surface area contributed by atoms with Gasteiger partial charge in [-0.25, -0.2) is 0 Å². The highest BCUT2D eigenvalue weighted by Gasteiger charge is 2.77. The molecular formula is C26H32BrClN2O6. The SMILES string of the molecule is C=CCN(C(=O)C1N(CCCCCO)C(=O)[C@@H]2[C@@H](C(=O)OCC)[C@@H]3OC12CC3Br)c1ccc(Cl)cc1. The normalized spacial score (nSPS) is 30.4. The predicted octanol–water partition coefficient (Wildman–Crippen LogP) is 3.33. The van der Waals surface area contributed by atoms with Gasteiger partial charge in [-0.15, -0.1) is 6.58 Å². The van der Waals surface area contributed by atoms with Crippen LogP contribution < -0.4 is 4.90 Å². The average molecular weight is 584 g/mol. The summed E-state index contributed by atoms with van der Waals surface area (Å²) in [6, 6.07) is 6.00. The number of carbonyl (C=O) groups is 3. The maximum atomic E-state index is 14.3. The van der Waals surface area contributed by atoms with Crippen LogP contribution in [0.4, 0.5) is 5.69 Å². The molecule has 3 aliphatic heterocycles. The van der Waals surface area contributed by atoms with Crippen LogP contribution in [-0.4, -0.2) is 76.7 Å². The van der Waals surface area contributed by atoms with Crippen molar-refractivity contribution in [2.45, 2.75) is 55.2 Å². The summed E-state index contributed by atoms with van der Waals surface area (Å²) in [5.74, 6) is -2.59. The first-order valence-electron chi connectivity index (χ1n) is 12.4. The summed E-state index contributed by atoms with van der Waals surface area (Å²) in [6.07, 6.45) is 3.44. The van der Waals surface area contributed by atoms with E-state index in [1.807, 2.05) is 0 Å². The van der Waals surface area contributed by atoms with E-state index in [4.69, 9.17) is 21.1 Å². The van der Waals surface area contributed by atoms with Gasteiger partial charge in [-0.3, -0.25) is 14.4 Å². The summed E-state index contributed by atoms with van der Waals surface area (Å²) in [5, 5.41) is 9.73. The van der Waals surface area contributed by atoms with Crippen LogP contribution in [0.3, 0.4) is 0 Å². The van der Waals surface area contributed by atoms with Crippen LogP contribution in [-0.2, 0) is 23.9 Å². The highest BCUT2D eigenvalue weighted by atomic mass is 79.9. The van der Waals surface area contributed by atoms with E-state index < -0.39 is 35.6 Å². The van der Waals surface area contributed by atoms with E-state index in [0.717, 1.165) is 0 Å². The standard InChI is InChI=1S/C26H32BrClN2O6/c1-3-12-29(17-10-8-16(28)9-11-17)24(33)22-26-15-18(27)21(36-26)19(25(34)35-4-2)20(26)23(32)30(22)13-6-5-7-14-31/h3,8-11,18-22,31H,1,4-7,12-15H2,2H3/t18?,19-,20+,21-,22?,26?/m1/s1. The van der Waals surface area contributed by atoms with Crippen LogP contribution in [0.1, 0.15) is 32.6 Å². The van der Waals surface area contributed by atoms with Gasteiger partial charge in [0.1, 0.15) is 11.6 Å². The van der Waals surface area contributed by atoms with E-state index in [1.54, 1.807) is 47.1 Å². The van der Waals surface area contributed by atoms with Crippen LogP contribution in [0.2, 0.25) is 5.02 Å². The molecule has 0 aliphatic carbocycles. The van der Waals surface area contributed by atoms with E-state index in [2.05, 4.69) is 22.5 Å². The number of halogens is 2. The van der Waals surface area contributed by atoms with Crippen molar-refractivity contribution in [1.82, 2.24) is 4.90 Å². The van der Waals surface area contributed by atoms with Gasteiger partial charge in [-0.2, -0.15) is 0 Å². The minimum Gasteiger partial charge on any atom is -0.466 e. The molecule has 0 aromatic heterocycles. The van der Waals surface area contributed by atoms with Crippen molar-refractivity contribution in [3.63, 3.8) is 0 Å². The van der Waals surface area contributed by atoms with Crippen LogP contribution in [0, 0.1) is 11.8 Å². The number of ether oxygens (including phenoxy) is 2. The molecule has 36 heavy (non-hydrogen) atoms.